The molecule has 3 aromatic rings. The van der Waals surface area contributed by atoms with Crippen LogP contribution in [0.5, 0.6) is 5.75 Å². The second kappa shape index (κ2) is 11.2. The van der Waals surface area contributed by atoms with Gasteiger partial charge < -0.3 is 14.9 Å². The minimum atomic E-state index is -1.28. The molecule has 3 aromatic carbocycles. The number of aliphatic carboxylic acids is 1. The predicted molar refractivity (Wildman–Crippen MR) is 132 cm³/mol. The van der Waals surface area contributed by atoms with Crippen molar-refractivity contribution in [1.82, 2.24) is 0 Å². The van der Waals surface area contributed by atoms with E-state index in [4.69, 9.17) is 4.74 Å². The van der Waals surface area contributed by atoms with E-state index in [-0.39, 0.29) is 0 Å². The van der Waals surface area contributed by atoms with E-state index >= 15 is 0 Å². The maximum absolute atomic E-state index is 11.6. The Balaban J connectivity index is 1.64. The van der Waals surface area contributed by atoms with Gasteiger partial charge in [-0.3, -0.25) is 0 Å². The van der Waals surface area contributed by atoms with Crippen molar-refractivity contribution in [3.63, 3.8) is 0 Å². The molecule has 0 amide bonds. The molecule has 0 aliphatic rings. The van der Waals surface area contributed by atoms with Gasteiger partial charge in [-0.2, -0.15) is 0 Å². The number of hydrogen-bond donors (Lipinski definition) is 2. The average molecular weight is 447 g/mol. The van der Waals surface area contributed by atoms with Crippen LogP contribution in [0.25, 0.3) is 0 Å². The summed E-state index contributed by atoms with van der Waals surface area (Å²) in [5.74, 6) is -0.483. The Labute approximate surface area is 196 Å². The van der Waals surface area contributed by atoms with Crippen molar-refractivity contribution < 1.29 is 19.7 Å². The molecule has 0 aliphatic carbocycles. The summed E-state index contributed by atoms with van der Waals surface area (Å²) in [6.07, 6.45) is 4.48. The van der Waals surface area contributed by atoms with Crippen molar-refractivity contribution in [2.75, 3.05) is 0 Å². The summed E-state index contributed by atoms with van der Waals surface area (Å²) in [5, 5.41) is 20.8. The van der Waals surface area contributed by atoms with E-state index in [1.165, 1.54) is 25.0 Å². The van der Waals surface area contributed by atoms with Crippen LogP contribution in [0.15, 0.2) is 84.9 Å². The van der Waals surface area contributed by atoms with E-state index in [0.29, 0.717) is 25.0 Å². The summed E-state index contributed by atoms with van der Waals surface area (Å²) < 4.78 is 5.59. The van der Waals surface area contributed by atoms with Gasteiger partial charge in [-0.25, -0.2) is 4.79 Å². The third-order valence-corrected chi connectivity index (χ3v) is 6.13. The van der Waals surface area contributed by atoms with Gasteiger partial charge >= 0.3 is 5.97 Å². The van der Waals surface area contributed by atoms with Crippen LogP contribution < -0.4 is 4.74 Å². The number of aryl methyl sites for hydroxylation is 3. The molecule has 0 saturated carbocycles. The van der Waals surface area contributed by atoms with E-state index in [9.17, 15) is 15.0 Å². The van der Waals surface area contributed by atoms with Crippen molar-refractivity contribution in [2.24, 2.45) is 0 Å². The van der Waals surface area contributed by atoms with Crippen LogP contribution in [-0.4, -0.2) is 27.4 Å². The van der Waals surface area contributed by atoms with Crippen molar-refractivity contribution in [3.05, 3.63) is 102 Å². The lowest BCUT2D eigenvalue weighted by Gasteiger charge is -2.29. The number of aliphatic hydroxyl groups is 1. The molecule has 4 heteroatoms. The minimum absolute atomic E-state index is 0.523. The summed E-state index contributed by atoms with van der Waals surface area (Å²) in [6.45, 7) is 3.06. The molecule has 0 radical (unpaired) electrons. The normalized spacial score (nSPS) is 11.8. The minimum Gasteiger partial charge on any atom is -0.478 e. The summed E-state index contributed by atoms with van der Waals surface area (Å²) in [4.78, 5) is 11.3. The van der Waals surface area contributed by atoms with E-state index in [2.05, 4.69) is 24.3 Å². The van der Waals surface area contributed by atoms with Crippen molar-refractivity contribution in [1.29, 1.82) is 0 Å². The predicted octanol–water partition coefficient (Wildman–Crippen LogP) is 5.86. The van der Waals surface area contributed by atoms with Crippen molar-refractivity contribution in [2.45, 2.75) is 63.6 Å². The first-order chi connectivity index (χ1) is 15.8. The number of hydrogen-bond acceptors (Lipinski definition) is 3. The second-order valence-electron chi connectivity index (χ2n) is 9.26. The van der Waals surface area contributed by atoms with Crippen LogP contribution in [0.1, 0.15) is 49.8 Å². The molecule has 0 fully saturated rings. The second-order valence-corrected chi connectivity index (χ2v) is 9.26. The molecule has 3 rings (SSSR count). The first-order valence-corrected chi connectivity index (χ1v) is 11.6. The number of ether oxygens (including phenoxy) is 1. The topological polar surface area (TPSA) is 66.8 Å². The Morgan fingerprint density at radius 2 is 1.09 bits per heavy atom. The van der Waals surface area contributed by atoms with Gasteiger partial charge in [-0.15, -0.1) is 0 Å². The van der Waals surface area contributed by atoms with Gasteiger partial charge in [0.1, 0.15) is 5.75 Å². The van der Waals surface area contributed by atoms with Gasteiger partial charge in [0, 0.05) is 0 Å². The Bertz CT molecular complexity index is 951. The molecular formula is C29H34O4. The Morgan fingerprint density at radius 3 is 1.48 bits per heavy atom. The van der Waals surface area contributed by atoms with Crippen LogP contribution in [0.4, 0.5) is 0 Å². The zero-order chi connectivity index (χ0) is 23.7. The van der Waals surface area contributed by atoms with E-state index < -0.39 is 17.2 Å². The Morgan fingerprint density at radius 1 is 0.697 bits per heavy atom. The zero-order valence-corrected chi connectivity index (χ0v) is 19.5. The quantitative estimate of drug-likeness (QED) is 0.366. The Hall–Kier alpha value is -3.11. The number of benzene rings is 3. The van der Waals surface area contributed by atoms with E-state index in [1.54, 1.807) is 12.1 Å². The highest BCUT2D eigenvalue weighted by Crippen LogP contribution is 2.28. The summed E-state index contributed by atoms with van der Waals surface area (Å²) in [5.41, 5.74) is 1.51. The molecule has 2 N–H and O–H groups in total. The standard InChI is InChI=1S/C29H34O4/c1-28(2,27(30)31)33-26-15-13-25(14-16-26)19-22-29(32,20-17-23-9-5-3-6-10-23)21-18-24-11-7-4-8-12-24/h3-16,32H,17-22H2,1-2H3,(H,30,31). The Kier molecular flexibility index (Phi) is 8.29. The van der Waals surface area contributed by atoms with Gasteiger partial charge in [0.2, 0.25) is 0 Å². The van der Waals surface area contributed by atoms with Crippen LogP contribution in [0, 0.1) is 0 Å². The fourth-order valence-corrected chi connectivity index (χ4v) is 3.86. The number of carboxylic acids is 1. The van der Waals surface area contributed by atoms with Gasteiger partial charge in [0.05, 0.1) is 5.60 Å². The van der Waals surface area contributed by atoms with Crippen LogP contribution in [0.2, 0.25) is 0 Å². The van der Waals surface area contributed by atoms with Gasteiger partial charge in [0.25, 0.3) is 0 Å². The SMILES string of the molecule is CC(C)(Oc1ccc(CCC(O)(CCc2ccccc2)CCc2ccccc2)cc1)C(=O)O. The first-order valence-electron chi connectivity index (χ1n) is 11.6. The molecule has 0 heterocycles. The van der Waals surface area contributed by atoms with Crippen molar-refractivity contribution >= 4 is 5.97 Å². The molecule has 4 nitrogen and oxygen atoms in total. The maximum Gasteiger partial charge on any atom is 0.347 e. The maximum atomic E-state index is 11.6. The monoisotopic (exact) mass is 446 g/mol. The zero-order valence-electron chi connectivity index (χ0n) is 19.5. The smallest absolute Gasteiger partial charge is 0.347 e. The molecule has 0 aromatic heterocycles. The summed E-state index contributed by atoms with van der Waals surface area (Å²) >= 11 is 0. The van der Waals surface area contributed by atoms with Crippen LogP contribution >= 0.6 is 0 Å². The lowest BCUT2D eigenvalue weighted by Crippen LogP contribution is -2.37. The molecule has 0 saturated heterocycles. The lowest BCUT2D eigenvalue weighted by molar-refractivity contribution is -0.152. The average Bonchev–Trinajstić information content (AvgIpc) is 2.82. The van der Waals surface area contributed by atoms with Crippen molar-refractivity contribution in [3.8, 4) is 5.75 Å². The molecule has 33 heavy (non-hydrogen) atoms. The van der Waals surface area contributed by atoms with E-state index in [0.717, 1.165) is 24.8 Å². The fourth-order valence-electron chi connectivity index (χ4n) is 3.86. The summed E-state index contributed by atoms with van der Waals surface area (Å²) in [7, 11) is 0. The molecule has 0 bridgehead atoms. The molecule has 0 aliphatic heterocycles. The molecule has 0 spiro atoms. The number of rotatable bonds is 12. The van der Waals surface area contributed by atoms with Gasteiger partial charge in [0.15, 0.2) is 5.60 Å². The lowest BCUT2D eigenvalue weighted by atomic mass is 9.84. The molecular weight excluding hydrogens is 412 g/mol. The third-order valence-electron chi connectivity index (χ3n) is 6.13. The fraction of sp³-hybridized carbons (Fsp3) is 0.345. The molecule has 0 unspecified atom stereocenters. The van der Waals surface area contributed by atoms with Gasteiger partial charge in [-0.05, 0) is 81.2 Å². The number of carbonyl (C=O) groups is 1. The highest BCUT2D eigenvalue weighted by atomic mass is 16.5. The highest BCUT2D eigenvalue weighted by molar-refractivity contribution is 5.76. The highest BCUT2D eigenvalue weighted by Gasteiger charge is 2.29. The molecule has 174 valence electrons. The van der Waals surface area contributed by atoms with Gasteiger partial charge in [-0.1, -0.05) is 72.8 Å². The summed E-state index contributed by atoms with van der Waals surface area (Å²) in [6, 6.07) is 28.1. The first kappa shape index (κ1) is 24.5. The van der Waals surface area contributed by atoms with E-state index in [1.807, 2.05) is 48.5 Å². The van der Waals surface area contributed by atoms with Crippen LogP contribution in [-0.2, 0) is 24.1 Å². The largest absolute Gasteiger partial charge is 0.478 e. The molecule has 0 atom stereocenters. The number of carboxylic acid groups (broad SMARTS) is 1. The third kappa shape index (κ3) is 7.76. The van der Waals surface area contributed by atoms with Crippen LogP contribution in [0.3, 0.4) is 0 Å².